The van der Waals surface area contributed by atoms with Gasteiger partial charge in [0, 0.05) is 51.5 Å². The van der Waals surface area contributed by atoms with E-state index in [9.17, 15) is 19.6 Å². The van der Waals surface area contributed by atoms with Crippen LogP contribution in [0.5, 0.6) is 0 Å². The molecule has 3 fully saturated rings. The van der Waals surface area contributed by atoms with Crippen molar-refractivity contribution in [1.82, 2.24) is 14.7 Å². The number of benzene rings is 1. The van der Waals surface area contributed by atoms with E-state index in [1.54, 1.807) is 14.7 Å². The minimum Gasteiger partial charge on any atom is -0.342 e. The number of hydrogen-bond donors (Lipinski definition) is 0. The lowest BCUT2D eigenvalue weighted by Crippen LogP contribution is -2.52. The Morgan fingerprint density at radius 3 is 2.50 bits per heavy atom. The molecule has 0 radical (unpaired) electrons. The van der Waals surface area contributed by atoms with E-state index in [2.05, 4.69) is 6.07 Å². The molecule has 158 valence electrons. The average Bonchev–Trinajstić information content (AvgIpc) is 3.36. The molecule has 1 aromatic rings. The predicted molar refractivity (Wildman–Crippen MR) is 110 cm³/mol. The van der Waals surface area contributed by atoms with Crippen LogP contribution in [0.3, 0.4) is 0 Å². The van der Waals surface area contributed by atoms with E-state index >= 15 is 0 Å². The zero-order valence-electron chi connectivity index (χ0n) is 17.4. The molecule has 7 nitrogen and oxygen atoms in total. The second-order valence-electron chi connectivity index (χ2n) is 8.59. The van der Waals surface area contributed by atoms with Crippen LogP contribution in [0.4, 0.5) is 0 Å². The highest BCUT2D eigenvalue weighted by atomic mass is 16.2. The second-order valence-corrected chi connectivity index (χ2v) is 8.59. The lowest BCUT2D eigenvalue weighted by atomic mass is 9.90. The van der Waals surface area contributed by atoms with Gasteiger partial charge in [0.2, 0.25) is 17.7 Å². The van der Waals surface area contributed by atoms with Crippen LogP contribution in [0.15, 0.2) is 30.3 Å². The number of amides is 3. The Labute approximate surface area is 177 Å². The molecule has 3 saturated heterocycles. The lowest BCUT2D eigenvalue weighted by Gasteiger charge is -2.35. The maximum absolute atomic E-state index is 13.4. The number of carbonyl (C=O) groups excluding carboxylic acids is 3. The normalized spacial score (nSPS) is 29.2. The topological polar surface area (TPSA) is 84.7 Å². The smallest absolute Gasteiger partial charge is 0.245 e. The summed E-state index contributed by atoms with van der Waals surface area (Å²) in [5, 5.41) is 9.65. The van der Waals surface area contributed by atoms with E-state index in [4.69, 9.17) is 0 Å². The predicted octanol–water partition coefficient (Wildman–Crippen LogP) is 1.75. The Morgan fingerprint density at radius 2 is 1.80 bits per heavy atom. The molecule has 4 rings (SSSR count). The quantitative estimate of drug-likeness (QED) is 0.746. The van der Waals surface area contributed by atoms with E-state index in [0.29, 0.717) is 39.0 Å². The summed E-state index contributed by atoms with van der Waals surface area (Å²) in [5.41, 5.74) is 1.08. The fourth-order valence-electron chi connectivity index (χ4n) is 5.24. The summed E-state index contributed by atoms with van der Waals surface area (Å²) in [5.74, 6) is -0.315. The molecule has 0 aliphatic carbocycles. The minimum absolute atomic E-state index is 0.00418. The minimum atomic E-state index is -0.444. The maximum Gasteiger partial charge on any atom is 0.245 e. The third kappa shape index (κ3) is 3.79. The van der Waals surface area contributed by atoms with Crippen molar-refractivity contribution in [2.75, 3.05) is 26.2 Å². The molecule has 0 unspecified atom stereocenters. The van der Waals surface area contributed by atoms with Crippen LogP contribution in [-0.2, 0) is 14.4 Å². The van der Waals surface area contributed by atoms with Crippen LogP contribution >= 0.6 is 0 Å². The van der Waals surface area contributed by atoms with Gasteiger partial charge in [0.1, 0.15) is 6.04 Å². The lowest BCUT2D eigenvalue weighted by molar-refractivity contribution is -0.146. The van der Waals surface area contributed by atoms with Crippen molar-refractivity contribution in [3.8, 4) is 6.07 Å². The molecule has 3 aliphatic rings. The van der Waals surface area contributed by atoms with Crippen LogP contribution in [-0.4, -0.2) is 70.7 Å². The third-order valence-electron chi connectivity index (χ3n) is 6.87. The van der Waals surface area contributed by atoms with Crippen molar-refractivity contribution < 1.29 is 14.4 Å². The van der Waals surface area contributed by atoms with Gasteiger partial charge in [0.05, 0.1) is 12.0 Å². The van der Waals surface area contributed by atoms with E-state index in [1.165, 1.54) is 6.92 Å². The zero-order chi connectivity index (χ0) is 21.3. The van der Waals surface area contributed by atoms with Gasteiger partial charge in [-0.3, -0.25) is 14.4 Å². The summed E-state index contributed by atoms with van der Waals surface area (Å²) < 4.78 is 0. The van der Waals surface area contributed by atoms with Gasteiger partial charge in [-0.1, -0.05) is 30.3 Å². The first-order valence-electron chi connectivity index (χ1n) is 10.8. The average molecular weight is 409 g/mol. The highest BCUT2D eigenvalue weighted by Gasteiger charge is 2.45. The van der Waals surface area contributed by atoms with Crippen molar-refractivity contribution >= 4 is 17.7 Å². The van der Waals surface area contributed by atoms with Crippen LogP contribution in [0.25, 0.3) is 0 Å². The molecule has 0 bridgehead atoms. The van der Waals surface area contributed by atoms with Gasteiger partial charge < -0.3 is 14.7 Å². The Morgan fingerprint density at radius 1 is 1.03 bits per heavy atom. The SMILES string of the molecule is CC(=O)N1CCC(=O)N2[C@H](CC[C@H]2C(=O)N2C[C@H](c3ccccc3)[C@@H](C#N)C2)CC1. The number of likely N-dealkylation sites (tertiary alicyclic amines) is 1. The summed E-state index contributed by atoms with van der Waals surface area (Å²) >= 11 is 0. The van der Waals surface area contributed by atoms with Gasteiger partial charge >= 0.3 is 0 Å². The first kappa shape index (κ1) is 20.4. The Kier molecular flexibility index (Phi) is 5.76. The second kappa shape index (κ2) is 8.47. The van der Waals surface area contributed by atoms with E-state index < -0.39 is 6.04 Å². The highest BCUT2D eigenvalue weighted by molar-refractivity contribution is 5.89. The maximum atomic E-state index is 13.4. The van der Waals surface area contributed by atoms with E-state index in [0.717, 1.165) is 12.0 Å². The van der Waals surface area contributed by atoms with Crippen LogP contribution in [0.2, 0.25) is 0 Å². The summed E-state index contributed by atoms with van der Waals surface area (Å²) in [6, 6.07) is 11.8. The number of nitrogens with zero attached hydrogens (tertiary/aromatic N) is 4. The van der Waals surface area contributed by atoms with Gasteiger partial charge in [-0.2, -0.15) is 5.26 Å². The summed E-state index contributed by atoms with van der Waals surface area (Å²) in [4.78, 5) is 43.4. The van der Waals surface area contributed by atoms with E-state index in [1.807, 2.05) is 30.3 Å². The van der Waals surface area contributed by atoms with Gasteiger partial charge in [0.15, 0.2) is 0 Å². The first-order chi connectivity index (χ1) is 14.5. The van der Waals surface area contributed by atoms with Gasteiger partial charge in [-0.25, -0.2) is 0 Å². The molecule has 0 spiro atoms. The molecule has 3 amide bonds. The molecule has 4 atom stereocenters. The Balaban J connectivity index is 1.48. The van der Waals surface area contributed by atoms with Crippen LogP contribution in [0, 0.1) is 17.2 Å². The summed E-state index contributed by atoms with van der Waals surface area (Å²) in [6.07, 6.45) is 2.40. The molecule has 3 aliphatic heterocycles. The fraction of sp³-hybridized carbons (Fsp3) is 0.565. The third-order valence-corrected chi connectivity index (χ3v) is 6.87. The Bertz CT molecular complexity index is 865. The van der Waals surface area contributed by atoms with Gasteiger partial charge in [-0.15, -0.1) is 0 Å². The molecule has 0 aromatic heterocycles. The summed E-state index contributed by atoms with van der Waals surface area (Å²) in [6.45, 7) is 3.50. The van der Waals surface area contributed by atoms with Crippen molar-refractivity contribution in [3.05, 3.63) is 35.9 Å². The monoisotopic (exact) mass is 408 g/mol. The number of fused-ring (bicyclic) bond motifs is 1. The molecular formula is C23H28N4O3. The number of carbonyl (C=O) groups is 3. The van der Waals surface area contributed by atoms with Crippen molar-refractivity contribution in [3.63, 3.8) is 0 Å². The highest BCUT2D eigenvalue weighted by Crippen LogP contribution is 2.35. The van der Waals surface area contributed by atoms with Crippen LogP contribution < -0.4 is 0 Å². The molecule has 0 saturated carbocycles. The van der Waals surface area contributed by atoms with Crippen molar-refractivity contribution in [2.45, 2.75) is 50.6 Å². The van der Waals surface area contributed by atoms with Gasteiger partial charge in [0.25, 0.3) is 0 Å². The van der Waals surface area contributed by atoms with E-state index in [-0.39, 0.29) is 42.0 Å². The van der Waals surface area contributed by atoms with Crippen molar-refractivity contribution in [1.29, 1.82) is 5.26 Å². The molecule has 0 N–H and O–H groups in total. The summed E-state index contributed by atoms with van der Waals surface area (Å²) in [7, 11) is 0. The first-order valence-corrected chi connectivity index (χ1v) is 10.8. The van der Waals surface area contributed by atoms with Crippen LogP contribution in [0.1, 0.15) is 44.1 Å². The number of hydrogen-bond acceptors (Lipinski definition) is 4. The largest absolute Gasteiger partial charge is 0.342 e. The molecular weight excluding hydrogens is 380 g/mol. The Hall–Kier alpha value is -2.88. The van der Waals surface area contributed by atoms with Gasteiger partial charge in [-0.05, 0) is 24.8 Å². The zero-order valence-corrected chi connectivity index (χ0v) is 17.4. The molecule has 30 heavy (non-hydrogen) atoms. The fourth-order valence-corrected chi connectivity index (χ4v) is 5.24. The van der Waals surface area contributed by atoms with Crippen molar-refractivity contribution in [2.24, 2.45) is 5.92 Å². The molecule has 3 heterocycles. The molecule has 7 heteroatoms. The molecule has 1 aromatic carbocycles. The number of rotatable bonds is 2. The standard InChI is InChI=1S/C23H28N4O3/c1-16(28)25-11-9-19-7-8-21(27(19)22(29)10-12-25)23(30)26-14-18(13-24)20(15-26)17-5-3-2-4-6-17/h2-6,18-21H,7-12,14-15H2,1H3/t18-,19+,20+,21-/m0/s1. The number of nitriles is 1.